The Hall–Kier alpha value is -0.450. The molecule has 0 spiro atoms. The van der Waals surface area contributed by atoms with Crippen LogP contribution in [0.1, 0.15) is 38.4 Å². The largest absolute Gasteiger partial charge is 0.365 e. The van der Waals surface area contributed by atoms with Crippen LogP contribution in [0.3, 0.4) is 0 Å². The second-order valence-corrected chi connectivity index (χ2v) is 5.96. The average molecular weight is 316 g/mol. The van der Waals surface area contributed by atoms with Crippen LogP contribution in [0.25, 0.3) is 0 Å². The minimum absolute atomic E-state index is 0.0229. The van der Waals surface area contributed by atoms with Gasteiger partial charge in [-0.3, -0.25) is 0 Å². The molecule has 0 radical (unpaired) electrons. The van der Waals surface area contributed by atoms with Gasteiger partial charge in [0.25, 0.3) is 0 Å². The third-order valence-corrected chi connectivity index (χ3v) is 4.03. The summed E-state index contributed by atoms with van der Waals surface area (Å²) in [5.41, 5.74) is 0.872. The van der Waals surface area contributed by atoms with Crippen molar-refractivity contribution >= 4 is 15.9 Å². The Labute approximate surface area is 116 Å². The smallest absolute Gasteiger partial charge is 0.124 e. The molecule has 0 amide bonds. The first-order chi connectivity index (χ1) is 8.54. The highest BCUT2D eigenvalue weighted by molar-refractivity contribution is 9.10. The Morgan fingerprint density at radius 2 is 2.33 bits per heavy atom. The van der Waals surface area contributed by atoms with Gasteiger partial charge >= 0.3 is 0 Å². The van der Waals surface area contributed by atoms with Crippen LogP contribution in [0.4, 0.5) is 4.39 Å². The van der Waals surface area contributed by atoms with Gasteiger partial charge in [0.05, 0.1) is 11.7 Å². The van der Waals surface area contributed by atoms with E-state index in [-0.39, 0.29) is 17.5 Å². The fourth-order valence-corrected chi connectivity index (χ4v) is 3.11. The van der Waals surface area contributed by atoms with E-state index in [4.69, 9.17) is 4.74 Å². The molecule has 2 rings (SSSR count). The van der Waals surface area contributed by atoms with Crippen molar-refractivity contribution in [2.45, 2.75) is 38.4 Å². The van der Waals surface area contributed by atoms with Crippen molar-refractivity contribution in [3.05, 3.63) is 34.1 Å². The lowest BCUT2D eigenvalue weighted by Crippen LogP contribution is -2.48. The Morgan fingerprint density at radius 3 is 3.00 bits per heavy atom. The first-order valence-corrected chi connectivity index (χ1v) is 7.17. The number of halogens is 2. The zero-order valence-electron chi connectivity index (χ0n) is 10.8. The highest BCUT2D eigenvalue weighted by atomic mass is 79.9. The maximum Gasteiger partial charge on any atom is 0.124 e. The number of nitrogens with one attached hydrogen (secondary N) is 1. The summed E-state index contributed by atoms with van der Waals surface area (Å²) < 4.78 is 20.1. The van der Waals surface area contributed by atoms with Gasteiger partial charge in [-0.1, -0.05) is 35.3 Å². The maximum absolute atomic E-state index is 13.1. The van der Waals surface area contributed by atoms with E-state index >= 15 is 0 Å². The SMILES string of the molecule is CCCC1(C)CNCC(c2ccc(F)cc2Br)O1. The number of hydrogen-bond donors (Lipinski definition) is 1. The van der Waals surface area contributed by atoms with E-state index in [9.17, 15) is 4.39 Å². The van der Waals surface area contributed by atoms with Crippen molar-refractivity contribution in [1.29, 1.82) is 0 Å². The molecule has 0 saturated carbocycles. The lowest BCUT2D eigenvalue weighted by molar-refractivity contribution is -0.112. The molecule has 0 aliphatic carbocycles. The lowest BCUT2D eigenvalue weighted by Gasteiger charge is -2.39. The Balaban J connectivity index is 2.18. The van der Waals surface area contributed by atoms with E-state index < -0.39 is 0 Å². The van der Waals surface area contributed by atoms with E-state index in [1.165, 1.54) is 12.1 Å². The first kappa shape index (κ1) is 14.0. The van der Waals surface area contributed by atoms with Gasteiger partial charge in [-0.25, -0.2) is 4.39 Å². The highest BCUT2D eigenvalue weighted by Gasteiger charge is 2.33. The molecule has 100 valence electrons. The van der Waals surface area contributed by atoms with Gasteiger partial charge in [-0.15, -0.1) is 0 Å². The lowest BCUT2D eigenvalue weighted by atomic mass is 9.96. The van der Waals surface area contributed by atoms with Crippen LogP contribution in [-0.4, -0.2) is 18.7 Å². The molecule has 1 aromatic carbocycles. The summed E-state index contributed by atoms with van der Waals surface area (Å²) in [7, 11) is 0. The van der Waals surface area contributed by atoms with Gasteiger partial charge < -0.3 is 10.1 Å². The molecule has 0 aromatic heterocycles. The van der Waals surface area contributed by atoms with Gasteiger partial charge in [0.1, 0.15) is 5.82 Å². The van der Waals surface area contributed by atoms with Crippen molar-refractivity contribution in [3.63, 3.8) is 0 Å². The third-order valence-electron chi connectivity index (χ3n) is 3.34. The standard InChI is InChI=1S/C14H19BrFNO/c1-3-6-14(2)9-17-8-13(18-14)11-5-4-10(16)7-12(11)15/h4-5,7,13,17H,3,6,8-9H2,1-2H3. The molecule has 1 aliphatic heterocycles. The second kappa shape index (κ2) is 5.68. The molecule has 1 fully saturated rings. The number of morpholine rings is 1. The normalized spacial score (nSPS) is 28.3. The topological polar surface area (TPSA) is 21.3 Å². The van der Waals surface area contributed by atoms with Gasteiger partial charge in [-0.2, -0.15) is 0 Å². The molecule has 2 unspecified atom stereocenters. The van der Waals surface area contributed by atoms with Crippen molar-refractivity contribution in [2.24, 2.45) is 0 Å². The molecule has 2 atom stereocenters. The maximum atomic E-state index is 13.1. The minimum Gasteiger partial charge on any atom is -0.365 e. The summed E-state index contributed by atoms with van der Waals surface area (Å²) in [4.78, 5) is 0. The molecule has 2 nitrogen and oxygen atoms in total. The molecule has 1 aromatic rings. The molecule has 1 heterocycles. The zero-order valence-corrected chi connectivity index (χ0v) is 12.4. The fraction of sp³-hybridized carbons (Fsp3) is 0.571. The summed E-state index contributed by atoms with van der Waals surface area (Å²) in [5, 5.41) is 3.41. The monoisotopic (exact) mass is 315 g/mol. The number of benzene rings is 1. The van der Waals surface area contributed by atoms with Crippen molar-refractivity contribution < 1.29 is 9.13 Å². The van der Waals surface area contributed by atoms with Crippen LogP contribution in [0.2, 0.25) is 0 Å². The van der Waals surface area contributed by atoms with Crippen LogP contribution in [-0.2, 0) is 4.74 Å². The second-order valence-electron chi connectivity index (χ2n) is 5.10. The van der Waals surface area contributed by atoms with E-state index in [1.54, 1.807) is 6.07 Å². The van der Waals surface area contributed by atoms with E-state index in [0.29, 0.717) is 0 Å². The van der Waals surface area contributed by atoms with E-state index in [2.05, 4.69) is 35.1 Å². The molecular weight excluding hydrogens is 297 g/mol. The first-order valence-electron chi connectivity index (χ1n) is 6.37. The average Bonchev–Trinajstić information content (AvgIpc) is 2.28. The van der Waals surface area contributed by atoms with Crippen molar-refractivity contribution in [2.75, 3.05) is 13.1 Å². The number of hydrogen-bond acceptors (Lipinski definition) is 2. The predicted octanol–water partition coefficient (Wildman–Crippen LogP) is 3.81. The summed E-state index contributed by atoms with van der Waals surface area (Å²) in [6, 6.07) is 4.77. The molecule has 1 saturated heterocycles. The summed E-state index contributed by atoms with van der Waals surface area (Å²) in [6.07, 6.45) is 2.09. The third kappa shape index (κ3) is 3.11. The van der Waals surface area contributed by atoms with Gasteiger partial charge in [0.2, 0.25) is 0 Å². The molecule has 4 heteroatoms. The minimum atomic E-state index is -0.231. The number of ether oxygens (including phenoxy) is 1. The summed E-state index contributed by atoms with van der Waals surface area (Å²) >= 11 is 3.41. The Bertz CT molecular complexity index is 422. The molecule has 1 N–H and O–H groups in total. The molecule has 1 aliphatic rings. The van der Waals surface area contributed by atoms with Crippen LogP contribution in [0.15, 0.2) is 22.7 Å². The quantitative estimate of drug-likeness (QED) is 0.916. The molecule has 18 heavy (non-hydrogen) atoms. The fourth-order valence-electron chi connectivity index (χ4n) is 2.51. The number of rotatable bonds is 3. The van der Waals surface area contributed by atoms with Crippen molar-refractivity contribution in [3.8, 4) is 0 Å². The van der Waals surface area contributed by atoms with Crippen LogP contribution >= 0.6 is 15.9 Å². The van der Waals surface area contributed by atoms with E-state index in [0.717, 1.165) is 36.0 Å². The van der Waals surface area contributed by atoms with Crippen LogP contribution < -0.4 is 5.32 Å². The van der Waals surface area contributed by atoms with Gasteiger partial charge in [0, 0.05) is 17.6 Å². The zero-order chi connectivity index (χ0) is 13.2. The molecule has 0 bridgehead atoms. The van der Waals surface area contributed by atoms with Crippen molar-refractivity contribution in [1.82, 2.24) is 5.32 Å². The summed E-state index contributed by atoms with van der Waals surface area (Å²) in [6.45, 7) is 5.93. The molecular formula is C14H19BrFNO. The highest BCUT2D eigenvalue weighted by Crippen LogP contribution is 2.33. The van der Waals surface area contributed by atoms with Gasteiger partial charge in [0.15, 0.2) is 0 Å². The van der Waals surface area contributed by atoms with Crippen LogP contribution in [0.5, 0.6) is 0 Å². The predicted molar refractivity (Wildman–Crippen MR) is 74.1 cm³/mol. The van der Waals surface area contributed by atoms with E-state index in [1.807, 2.05) is 0 Å². The summed E-state index contributed by atoms with van der Waals surface area (Å²) in [5.74, 6) is -0.231. The Morgan fingerprint density at radius 1 is 1.56 bits per heavy atom. The Kier molecular flexibility index (Phi) is 4.41. The van der Waals surface area contributed by atoms with Gasteiger partial charge in [-0.05, 0) is 31.0 Å². The van der Waals surface area contributed by atoms with Crippen LogP contribution in [0, 0.1) is 5.82 Å².